The van der Waals surface area contributed by atoms with Gasteiger partial charge in [0.1, 0.15) is 0 Å². The van der Waals surface area contributed by atoms with Gasteiger partial charge in [-0.3, -0.25) is 4.79 Å². The fourth-order valence-corrected chi connectivity index (χ4v) is 9.56. The van der Waals surface area contributed by atoms with E-state index in [1.54, 1.807) is 0 Å². The van der Waals surface area contributed by atoms with Gasteiger partial charge in [-0.1, -0.05) is 347 Å². The fraction of sp³-hybridized carbons (Fsp3) is 0.982. The molecule has 2 heteroatoms. The highest BCUT2D eigenvalue weighted by atomic mass is 16.1. The lowest BCUT2D eigenvalue weighted by Crippen LogP contribution is -2.09. The van der Waals surface area contributed by atoms with Crippen molar-refractivity contribution in [2.45, 2.75) is 360 Å². The van der Waals surface area contributed by atoms with Gasteiger partial charge >= 0.3 is 0 Å². The largest absolute Gasteiger partial charge is 0.370 e. The monoisotopic (exact) mass is 830 g/mol. The highest BCUT2D eigenvalue weighted by molar-refractivity contribution is 5.73. The fourth-order valence-electron chi connectivity index (χ4n) is 9.56. The van der Waals surface area contributed by atoms with Crippen LogP contribution in [0.5, 0.6) is 0 Å². The van der Waals surface area contributed by atoms with Crippen molar-refractivity contribution < 1.29 is 4.79 Å². The van der Waals surface area contributed by atoms with E-state index in [4.69, 9.17) is 5.73 Å². The van der Waals surface area contributed by atoms with Gasteiger partial charge < -0.3 is 5.73 Å². The minimum Gasteiger partial charge on any atom is -0.370 e. The van der Waals surface area contributed by atoms with E-state index in [1.165, 1.54) is 340 Å². The van der Waals surface area contributed by atoms with Crippen LogP contribution in [0.2, 0.25) is 0 Å². The molecule has 0 bridgehead atoms. The zero-order chi connectivity index (χ0) is 42.5. The molecule has 0 fully saturated rings. The van der Waals surface area contributed by atoms with Gasteiger partial charge in [-0.25, -0.2) is 0 Å². The third-order valence-corrected chi connectivity index (χ3v) is 13.8. The Balaban J connectivity index is 3.06. The summed E-state index contributed by atoms with van der Waals surface area (Å²) in [4.78, 5) is 10.7. The van der Waals surface area contributed by atoms with Gasteiger partial charge in [0, 0.05) is 6.42 Å². The zero-order valence-electron chi connectivity index (χ0n) is 41.4. The third kappa shape index (κ3) is 57.5. The Morgan fingerprint density at radius 3 is 0.407 bits per heavy atom. The number of unbranched alkanes of at least 4 members (excludes halogenated alkanes) is 53. The normalized spacial score (nSPS) is 11.6. The Labute approximate surface area is 375 Å². The summed E-state index contributed by atoms with van der Waals surface area (Å²) in [6, 6.07) is 0. The summed E-state index contributed by atoms with van der Waals surface area (Å²) in [5.41, 5.74) is 5.19. The van der Waals surface area contributed by atoms with Crippen molar-refractivity contribution in [3.05, 3.63) is 0 Å². The second kappa shape index (κ2) is 55.5. The first kappa shape index (κ1) is 58.5. The number of hydrogen-bond donors (Lipinski definition) is 1. The molecule has 0 atom stereocenters. The molecule has 0 aliphatic rings. The molecule has 0 aliphatic heterocycles. The second-order valence-corrected chi connectivity index (χ2v) is 20.0. The van der Waals surface area contributed by atoms with E-state index >= 15 is 0 Å². The molecule has 1 amide bonds. The molecular formula is C57H115NO. The first-order chi connectivity index (χ1) is 29.3. The maximum absolute atomic E-state index is 10.7. The maximum Gasteiger partial charge on any atom is 0.217 e. The predicted octanol–water partition coefficient (Wildman–Crippen LogP) is 20.9. The number of nitrogens with two attached hydrogens (primary N) is 1. The molecule has 0 unspecified atom stereocenters. The Morgan fingerprint density at radius 2 is 0.305 bits per heavy atom. The van der Waals surface area contributed by atoms with Crippen LogP contribution in [0.3, 0.4) is 0 Å². The summed E-state index contributed by atoms with van der Waals surface area (Å²) < 4.78 is 0. The molecule has 0 aromatic carbocycles. The number of carbonyl (C=O) groups excluding carboxylic acids is 1. The summed E-state index contributed by atoms with van der Waals surface area (Å²) in [6.07, 6.45) is 79.1. The molecule has 354 valence electrons. The van der Waals surface area contributed by atoms with Gasteiger partial charge in [0.25, 0.3) is 0 Å². The van der Waals surface area contributed by atoms with Crippen molar-refractivity contribution >= 4 is 5.91 Å². The number of carbonyl (C=O) groups is 1. The Morgan fingerprint density at radius 1 is 0.203 bits per heavy atom. The van der Waals surface area contributed by atoms with Crippen LogP contribution >= 0.6 is 0 Å². The van der Waals surface area contributed by atoms with Gasteiger partial charge in [0.2, 0.25) is 5.91 Å². The smallest absolute Gasteiger partial charge is 0.217 e. The summed E-state index contributed by atoms with van der Waals surface area (Å²) in [5, 5.41) is 0. The van der Waals surface area contributed by atoms with Crippen molar-refractivity contribution in [1.29, 1.82) is 0 Å². The average molecular weight is 831 g/mol. The molecule has 59 heavy (non-hydrogen) atoms. The zero-order valence-corrected chi connectivity index (χ0v) is 41.4. The van der Waals surface area contributed by atoms with Crippen LogP contribution in [0.1, 0.15) is 360 Å². The number of hydrogen-bond acceptors (Lipinski definition) is 1. The van der Waals surface area contributed by atoms with Crippen LogP contribution in [-0.4, -0.2) is 5.91 Å². The lowest BCUT2D eigenvalue weighted by atomic mass is 10.0. The Hall–Kier alpha value is -0.530. The van der Waals surface area contributed by atoms with E-state index in [9.17, 15) is 4.79 Å². The molecule has 2 N–H and O–H groups in total. The topological polar surface area (TPSA) is 43.1 Å². The highest BCUT2D eigenvalue weighted by Crippen LogP contribution is 2.19. The lowest BCUT2D eigenvalue weighted by Gasteiger charge is -2.05. The molecule has 0 saturated heterocycles. The molecule has 0 radical (unpaired) electrons. The minimum absolute atomic E-state index is 0.146. The van der Waals surface area contributed by atoms with Crippen molar-refractivity contribution in [3.8, 4) is 0 Å². The SMILES string of the molecule is CCCCCCCCCCCCCCCCCCCCCCCCCCCCCCCCCCCCCCCCCCCCCCCCCCCCCCCCC(N)=O. The Kier molecular flexibility index (Phi) is 55.0. The van der Waals surface area contributed by atoms with Crippen LogP contribution in [0.25, 0.3) is 0 Å². The number of amides is 1. The molecule has 0 saturated carbocycles. The van der Waals surface area contributed by atoms with E-state index in [2.05, 4.69) is 6.92 Å². The summed E-state index contributed by atoms with van der Waals surface area (Å²) >= 11 is 0. The van der Waals surface area contributed by atoms with E-state index in [0.29, 0.717) is 6.42 Å². The van der Waals surface area contributed by atoms with Crippen molar-refractivity contribution in [3.63, 3.8) is 0 Å². The molecule has 0 rings (SSSR count). The highest BCUT2D eigenvalue weighted by Gasteiger charge is 2.00. The molecule has 0 heterocycles. The van der Waals surface area contributed by atoms with Gasteiger partial charge in [-0.2, -0.15) is 0 Å². The van der Waals surface area contributed by atoms with Crippen LogP contribution in [0, 0.1) is 0 Å². The van der Waals surface area contributed by atoms with Crippen LogP contribution < -0.4 is 5.73 Å². The summed E-state index contributed by atoms with van der Waals surface area (Å²) in [7, 11) is 0. The lowest BCUT2D eigenvalue weighted by molar-refractivity contribution is -0.118. The van der Waals surface area contributed by atoms with Crippen LogP contribution in [0.15, 0.2) is 0 Å². The number of rotatable bonds is 55. The van der Waals surface area contributed by atoms with Gasteiger partial charge in [0.05, 0.1) is 0 Å². The summed E-state index contributed by atoms with van der Waals surface area (Å²) in [6.45, 7) is 2.31. The molecule has 0 aromatic rings. The van der Waals surface area contributed by atoms with E-state index < -0.39 is 0 Å². The van der Waals surface area contributed by atoms with Gasteiger partial charge in [0.15, 0.2) is 0 Å². The predicted molar refractivity (Wildman–Crippen MR) is 269 cm³/mol. The molecular weight excluding hydrogens is 715 g/mol. The molecule has 0 aromatic heterocycles. The van der Waals surface area contributed by atoms with E-state index in [-0.39, 0.29) is 5.91 Å². The maximum atomic E-state index is 10.7. The first-order valence-corrected chi connectivity index (χ1v) is 28.6. The molecule has 0 aliphatic carbocycles. The molecule has 2 nitrogen and oxygen atoms in total. The average Bonchev–Trinajstić information content (AvgIpc) is 3.23. The van der Waals surface area contributed by atoms with Crippen molar-refractivity contribution in [2.75, 3.05) is 0 Å². The minimum atomic E-state index is -0.146. The molecule has 0 spiro atoms. The van der Waals surface area contributed by atoms with Crippen molar-refractivity contribution in [1.82, 2.24) is 0 Å². The van der Waals surface area contributed by atoms with Crippen molar-refractivity contribution in [2.24, 2.45) is 5.73 Å². The second-order valence-electron chi connectivity index (χ2n) is 20.0. The standard InChI is InChI=1S/C57H115NO/c1-2-3-4-5-6-7-8-9-10-11-12-13-14-15-16-17-18-19-20-21-22-23-24-25-26-27-28-29-30-31-32-33-34-35-36-37-38-39-40-41-42-43-44-45-46-47-48-49-50-51-52-53-54-55-56-57(58)59/h2-56H2,1H3,(H2,58,59). The third-order valence-electron chi connectivity index (χ3n) is 13.8. The van der Waals surface area contributed by atoms with E-state index in [0.717, 1.165) is 6.42 Å². The Bertz CT molecular complexity index is 734. The number of primary amides is 1. The quantitative estimate of drug-likeness (QED) is 0.0610. The van der Waals surface area contributed by atoms with Gasteiger partial charge in [-0.15, -0.1) is 0 Å². The van der Waals surface area contributed by atoms with Crippen LogP contribution in [-0.2, 0) is 4.79 Å². The van der Waals surface area contributed by atoms with Gasteiger partial charge in [-0.05, 0) is 6.42 Å². The first-order valence-electron chi connectivity index (χ1n) is 28.6. The van der Waals surface area contributed by atoms with E-state index in [1.807, 2.05) is 0 Å². The summed E-state index contributed by atoms with van der Waals surface area (Å²) in [5.74, 6) is -0.146. The van der Waals surface area contributed by atoms with Crippen LogP contribution in [0.4, 0.5) is 0 Å².